The Morgan fingerprint density at radius 2 is 1.91 bits per heavy atom. The second kappa shape index (κ2) is 10.0. The number of halogens is 1. The summed E-state index contributed by atoms with van der Waals surface area (Å²) in [6, 6.07) is 9.29. The molecule has 0 aliphatic carbocycles. The summed E-state index contributed by atoms with van der Waals surface area (Å²) < 4.78 is 11.2. The Morgan fingerprint density at radius 3 is 2.66 bits per heavy atom. The maximum atomic E-state index is 10.3. The predicted molar refractivity (Wildman–Crippen MR) is 135 cm³/mol. The molecular formula is C26H28ClN5O3. The molecule has 182 valence electrons. The molecule has 0 aromatic carbocycles. The van der Waals surface area contributed by atoms with Gasteiger partial charge in [0, 0.05) is 35.9 Å². The molecule has 0 fully saturated rings. The fourth-order valence-corrected chi connectivity index (χ4v) is 3.85. The van der Waals surface area contributed by atoms with Gasteiger partial charge in [0.1, 0.15) is 18.0 Å². The van der Waals surface area contributed by atoms with E-state index in [1.165, 1.54) is 0 Å². The van der Waals surface area contributed by atoms with Crippen molar-refractivity contribution in [1.29, 1.82) is 0 Å². The van der Waals surface area contributed by atoms with E-state index in [9.17, 15) is 5.11 Å². The van der Waals surface area contributed by atoms with Gasteiger partial charge in [-0.25, -0.2) is 15.0 Å². The smallest absolute Gasteiger partial charge is 0.213 e. The second-order valence-corrected chi connectivity index (χ2v) is 9.24. The number of anilines is 1. The van der Waals surface area contributed by atoms with E-state index in [1.54, 1.807) is 39.3 Å². The quantitative estimate of drug-likeness (QED) is 0.498. The van der Waals surface area contributed by atoms with Gasteiger partial charge in [-0.1, -0.05) is 17.7 Å². The monoisotopic (exact) mass is 493 g/mol. The van der Waals surface area contributed by atoms with Crippen LogP contribution in [0.3, 0.4) is 0 Å². The van der Waals surface area contributed by atoms with Gasteiger partial charge in [0.05, 0.1) is 35.8 Å². The van der Waals surface area contributed by atoms with Gasteiger partial charge in [0.2, 0.25) is 5.88 Å². The van der Waals surface area contributed by atoms with Crippen LogP contribution in [0.25, 0.3) is 11.4 Å². The van der Waals surface area contributed by atoms with Crippen molar-refractivity contribution in [3.05, 3.63) is 82.4 Å². The van der Waals surface area contributed by atoms with Crippen molar-refractivity contribution < 1.29 is 14.6 Å². The molecule has 0 radical (unpaired) electrons. The molecule has 0 spiro atoms. The maximum Gasteiger partial charge on any atom is 0.213 e. The highest BCUT2D eigenvalue weighted by molar-refractivity contribution is 6.30. The first-order valence-electron chi connectivity index (χ1n) is 11.2. The SMILES string of the molecule is COc1cccc(COC2=C(Cl)CN(c3cc(-c4ccnc(C(C)(C)O)n4)ncc3C)C(C)=C2)n1. The highest BCUT2D eigenvalue weighted by Crippen LogP contribution is 2.33. The largest absolute Gasteiger partial charge is 0.486 e. The van der Waals surface area contributed by atoms with Gasteiger partial charge in [-0.3, -0.25) is 4.98 Å². The number of pyridine rings is 2. The molecule has 4 heterocycles. The zero-order valence-electron chi connectivity index (χ0n) is 20.4. The topological polar surface area (TPSA) is 93.5 Å². The lowest BCUT2D eigenvalue weighted by atomic mass is 10.1. The molecule has 1 aliphatic heterocycles. The zero-order valence-corrected chi connectivity index (χ0v) is 21.2. The summed E-state index contributed by atoms with van der Waals surface area (Å²) in [6.45, 7) is 8.05. The number of methoxy groups -OCH3 is 1. The first-order valence-corrected chi connectivity index (χ1v) is 11.5. The van der Waals surface area contributed by atoms with Crippen LogP contribution >= 0.6 is 11.6 Å². The number of allylic oxidation sites excluding steroid dienone is 2. The summed E-state index contributed by atoms with van der Waals surface area (Å²) in [5.41, 5.74) is 3.84. The molecule has 0 bridgehead atoms. The van der Waals surface area contributed by atoms with E-state index >= 15 is 0 Å². The minimum Gasteiger partial charge on any atom is -0.486 e. The van der Waals surface area contributed by atoms with E-state index < -0.39 is 5.60 Å². The number of aryl methyl sites for hydroxylation is 1. The predicted octanol–water partition coefficient (Wildman–Crippen LogP) is 4.87. The van der Waals surface area contributed by atoms with E-state index in [0.29, 0.717) is 40.4 Å². The van der Waals surface area contributed by atoms with Crippen molar-refractivity contribution in [1.82, 2.24) is 19.9 Å². The summed E-state index contributed by atoms with van der Waals surface area (Å²) in [5.74, 6) is 1.49. The lowest BCUT2D eigenvalue weighted by Crippen LogP contribution is -2.27. The van der Waals surface area contributed by atoms with Crippen LogP contribution in [0.1, 0.15) is 37.9 Å². The van der Waals surface area contributed by atoms with Crippen molar-refractivity contribution in [3.8, 4) is 17.3 Å². The number of rotatable bonds is 7. The highest BCUT2D eigenvalue weighted by Gasteiger charge is 2.23. The van der Waals surface area contributed by atoms with Crippen LogP contribution in [0.15, 0.2) is 65.3 Å². The number of nitrogens with zero attached hydrogens (tertiary/aromatic N) is 5. The Bertz CT molecular complexity index is 1300. The summed E-state index contributed by atoms with van der Waals surface area (Å²) >= 11 is 6.66. The van der Waals surface area contributed by atoms with Crippen LogP contribution in [0, 0.1) is 6.92 Å². The molecule has 4 rings (SSSR count). The molecule has 3 aromatic rings. The average Bonchev–Trinajstić information content (AvgIpc) is 2.84. The van der Waals surface area contributed by atoms with Gasteiger partial charge in [-0.05, 0) is 51.5 Å². The van der Waals surface area contributed by atoms with Gasteiger partial charge in [-0.15, -0.1) is 0 Å². The fourth-order valence-electron chi connectivity index (χ4n) is 3.63. The fraction of sp³-hybridized carbons (Fsp3) is 0.308. The lowest BCUT2D eigenvalue weighted by molar-refractivity contribution is 0.0688. The highest BCUT2D eigenvalue weighted by atomic mass is 35.5. The standard InChI is InChI=1S/C26H28ClN5O3/c1-16-13-29-21(20-9-10-28-25(31-20)26(3,4)33)12-22(16)32-14-19(27)23(11-17(32)2)35-15-18-7-6-8-24(30-18)34-5/h6-13,33H,14-15H2,1-5H3. The second-order valence-electron chi connectivity index (χ2n) is 8.78. The third kappa shape index (κ3) is 5.61. The summed E-state index contributed by atoms with van der Waals surface area (Å²) in [4.78, 5) is 19.7. The van der Waals surface area contributed by atoms with E-state index in [2.05, 4.69) is 24.8 Å². The number of hydrogen-bond acceptors (Lipinski definition) is 8. The summed E-state index contributed by atoms with van der Waals surface area (Å²) in [6.07, 6.45) is 5.35. The molecule has 8 nitrogen and oxygen atoms in total. The Morgan fingerprint density at radius 1 is 1.11 bits per heavy atom. The van der Waals surface area contributed by atoms with E-state index in [4.69, 9.17) is 21.1 Å². The third-order valence-corrected chi connectivity index (χ3v) is 5.83. The molecule has 35 heavy (non-hydrogen) atoms. The van der Waals surface area contributed by atoms with Gasteiger partial charge in [0.25, 0.3) is 0 Å². The molecule has 9 heteroatoms. The molecule has 0 unspecified atom stereocenters. The zero-order chi connectivity index (χ0) is 25.2. The van der Waals surface area contributed by atoms with Gasteiger partial charge >= 0.3 is 0 Å². The van der Waals surface area contributed by atoms with Crippen LogP contribution < -0.4 is 9.64 Å². The van der Waals surface area contributed by atoms with Crippen molar-refractivity contribution in [3.63, 3.8) is 0 Å². The number of ether oxygens (including phenoxy) is 2. The minimum absolute atomic E-state index is 0.280. The van der Waals surface area contributed by atoms with Gasteiger partial charge in [-0.2, -0.15) is 0 Å². The Labute approximate surface area is 210 Å². The number of aromatic nitrogens is 4. The van der Waals surface area contributed by atoms with Gasteiger partial charge in [0.15, 0.2) is 5.82 Å². The van der Waals surface area contributed by atoms with E-state index in [-0.39, 0.29) is 6.61 Å². The van der Waals surface area contributed by atoms with Crippen molar-refractivity contribution in [2.24, 2.45) is 0 Å². The van der Waals surface area contributed by atoms with Crippen LogP contribution in [-0.4, -0.2) is 38.7 Å². The molecule has 3 aromatic heterocycles. The van der Waals surface area contributed by atoms with Crippen LogP contribution in [-0.2, 0) is 16.9 Å². The molecule has 0 saturated carbocycles. The molecular weight excluding hydrogens is 466 g/mol. The van der Waals surface area contributed by atoms with Crippen LogP contribution in [0.5, 0.6) is 5.88 Å². The minimum atomic E-state index is -1.15. The first kappa shape index (κ1) is 24.6. The Hall–Kier alpha value is -3.49. The van der Waals surface area contributed by atoms with E-state index in [0.717, 1.165) is 22.6 Å². The number of aliphatic hydroxyl groups is 1. The van der Waals surface area contributed by atoms with Crippen molar-refractivity contribution in [2.75, 3.05) is 18.6 Å². The molecule has 0 saturated heterocycles. The Kier molecular flexibility index (Phi) is 7.05. The summed E-state index contributed by atoms with van der Waals surface area (Å²) in [5, 5.41) is 10.9. The lowest BCUT2D eigenvalue weighted by Gasteiger charge is -2.31. The van der Waals surface area contributed by atoms with Gasteiger partial charge < -0.3 is 19.5 Å². The molecule has 0 atom stereocenters. The Balaban J connectivity index is 1.56. The molecule has 1 aliphatic rings. The maximum absolute atomic E-state index is 10.3. The van der Waals surface area contributed by atoms with Crippen LogP contribution in [0.4, 0.5) is 5.69 Å². The molecule has 0 amide bonds. The van der Waals surface area contributed by atoms with E-state index in [1.807, 2.05) is 44.3 Å². The van der Waals surface area contributed by atoms with Crippen molar-refractivity contribution in [2.45, 2.75) is 39.9 Å². The average molecular weight is 494 g/mol. The number of hydrogen-bond donors (Lipinski definition) is 1. The van der Waals surface area contributed by atoms with Crippen molar-refractivity contribution >= 4 is 17.3 Å². The first-order chi connectivity index (χ1) is 16.7. The normalized spacial score (nSPS) is 14.1. The summed E-state index contributed by atoms with van der Waals surface area (Å²) in [7, 11) is 1.58. The van der Waals surface area contributed by atoms with Crippen LogP contribution in [0.2, 0.25) is 0 Å². The molecule has 1 N–H and O–H groups in total. The third-order valence-electron chi connectivity index (χ3n) is 5.53.